The maximum atomic E-state index is 5.90. The van der Waals surface area contributed by atoms with Gasteiger partial charge in [-0.2, -0.15) is 15.1 Å². The Morgan fingerprint density at radius 3 is 3.00 bits per heavy atom. The van der Waals surface area contributed by atoms with E-state index < -0.39 is 0 Å². The average molecular weight is 281 g/mol. The molecule has 3 rings (SSSR count). The monoisotopic (exact) mass is 280 g/mol. The van der Waals surface area contributed by atoms with Gasteiger partial charge in [0.2, 0.25) is 5.28 Å². The highest BCUT2D eigenvalue weighted by Gasteiger charge is 2.18. The fraction of sp³-hybridized carbons (Fsp3) is 0.583. The third-order valence-corrected chi connectivity index (χ3v) is 3.78. The van der Waals surface area contributed by atoms with E-state index >= 15 is 0 Å². The SMILES string of the molecule is CC(CNc1nc(Cl)nc2[nH]ncc12)N1CCCC1. The van der Waals surface area contributed by atoms with Crippen LogP contribution >= 0.6 is 11.6 Å². The topological polar surface area (TPSA) is 69.7 Å². The summed E-state index contributed by atoms with van der Waals surface area (Å²) >= 11 is 5.90. The van der Waals surface area contributed by atoms with Crippen LogP contribution in [0.15, 0.2) is 6.20 Å². The lowest BCUT2D eigenvalue weighted by molar-refractivity contribution is 0.269. The zero-order valence-corrected chi connectivity index (χ0v) is 11.6. The molecule has 0 spiro atoms. The van der Waals surface area contributed by atoms with Gasteiger partial charge in [0.25, 0.3) is 0 Å². The van der Waals surface area contributed by atoms with Gasteiger partial charge in [0.1, 0.15) is 5.82 Å². The summed E-state index contributed by atoms with van der Waals surface area (Å²) in [6.07, 6.45) is 4.32. The van der Waals surface area contributed by atoms with E-state index in [9.17, 15) is 0 Å². The summed E-state index contributed by atoms with van der Waals surface area (Å²) in [5, 5.41) is 11.2. The molecule has 2 aromatic heterocycles. The van der Waals surface area contributed by atoms with Gasteiger partial charge in [-0.3, -0.25) is 10.00 Å². The maximum Gasteiger partial charge on any atom is 0.226 e. The summed E-state index contributed by atoms with van der Waals surface area (Å²) in [5.74, 6) is 0.745. The Morgan fingerprint density at radius 2 is 2.21 bits per heavy atom. The van der Waals surface area contributed by atoms with Crippen LogP contribution in [0, 0.1) is 0 Å². The average Bonchev–Trinajstić information content (AvgIpc) is 3.05. The van der Waals surface area contributed by atoms with E-state index in [0.717, 1.165) is 17.7 Å². The lowest BCUT2D eigenvalue weighted by atomic mass is 10.3. The van der Waals surface area contributed by atoms with Gasteiger partial charge in [0.15, 0.2) is 5.65 Å². The molecule has 0 radical (unpaired) electrons. The van der Waals surface area contributed by atoms with Crippen molar-refractivity contribution in [3.63, 3.8) is 0 Å². The quantitative estimate of drug-likeness (QED) is 0.837. The van der Waals surface area contributed by atoms with Crippen molar-refractivity contribution in [2.75, 3.05) is 25.0 Å². The van der Waals surface area contributed by atoms with E-state index in [1.807, 2.05) is 0 Å². The summed E-state index contributed by atoms with van der Waals surface area (Å²) in [4.78, 5) is 10.8. The van der Waals surface area contributed by atoms with Crippen LogP contribution < -0.4 is 5.32 Å². The second-order valence-corrected chi connectivity index (χ2v) is 5.28. The van der Waals surface area contributed by atoms with Gasteiger partial charge in [-0.1, -0.05) is 0 Å². The third-order valence-electron chi connectivity index (χ3n) is 3.61. The zero-order chi connectivity index (χ0) is 13.2. The molecule has 2 aromatic rings. The number of anilines is 1. The summed E-state index contributed by atoms with van der Waals surface area (Å²) < 4.78 is 0. The van der Waals surface area contributed by atoms with Crippen LogP contribution in [0.25, 0.3) is 11.0 Å². The lowest BCUT2D eigenvalue weighted by Crippen LogP contribution is -2.35. The number of nitrogens with zero attached hydrogens (tertiary/aromatic N) is 4. The van der Waals surface area contributed by atoms with Crippen molar-refractivity contribution in [2.24, 2.45) is 0 Å². The third kappa shape index (κ3) is 2.64. The van der Waals surface area contributed by atoms with E-state index in [-0.39, 0.29) is 5.28 Å². The molecule has 1 fully saturated rings. The Hall–Kier alpha value is -1.40. The number of aromatic amines is 1. The largest absolute Gasteiger partial charge is 0.368 e. The van der Waals surface area contributed by atoms with Gasteiger partial charge in [-0.25, -0.2) is 0 Å². The minimum absolute atomic E-state index is 0.230. The maximum absolute atomic E-state index is 5.90. The van der Waals surface area contributed by atoms with Crippen LogP contribution in [0.4, 0.5) is 5.82 Å². The molecule has 7 heteroatoms. The van der Waals surface area contributed by atoms with Gasteiger partial charge < -0.3 is 5.32 Å². The first-order valence-corrected chi connectivity index (χ1v) is 6.96. The molecule has 0 bridgehead atoms. The standard InChI is InChI=1S/C12H17ClN6/c1-8(19-4-2-3-5-19)6-14-10-9-7-15-18-11(9)17-12(13)16-10/h7-8H,2-6H2,1H3,(H2,14,15,16,17,18). The van der Waals surface area contributed by atoms with Gasteiger partial charge in [-0.15, -0.1) is 0 Å². The minimum atomic E-state index is 0.230. The lowest BCUT2D eigenvalue weighted by Gasteiger charge is -2.24. The molecule has 1 unspecified atom stereocenters. The molecule has 3 heterocycles. The Labute approximate surface area is 116 Å². The smallest absolute Gasteiger partial charge is 0.226 e. The number of fused-ring (bicyclic) bond motifs is 1. The molecule has 0 aromatic carbocycles. The van der Waals surface area contributed by atoms with E-state index in [2.05, 4.69) is 37.3 Å². The van der Waals surface area contributed by atoms with Crippen LogP contribution in [0.1, 0.15) is 19.8 Å². The number of H-pyrrole nitrogens is 1. The predicted octanol–water partition coefficient (Wildman–Crippen LogP) is 1.90. The molecule has 0 amide bonds. The van der Waals surface area contributed by atoms with Crippen molar-refractivity contribution < 1.29 is 0 Å². The summed E-state index contributed by atoms with van der Waals surface area (Å²) in [6, 6.07) is 0.484. The molecule has 1 atom stereocenters. The van der Waals surface area contributed by atoms with Crippen molar-refractivity contribution in [3.8, 4) is 0 Å². The van der Waals surface area contributed by atoms with E-state index in [4.69, 9.17) is 11.6 Å². The van der Waals surface area contributed by atoms with E-state index in [0.29, 0.717) is 11.7 Å². The van der Waals surface area contributed by atoms with Crippen LogP contribution in [0.5, 0.6) is 0 Å². The van der Waals surface area contributed by atoms with Crippen molar-refractivity contribution in [1.82, 2.24) is 25.1 Å². The normalized spacial score (nSPS) is 18.0. The van der Waals surface area contributed by atoms with Crippen molar-refractivity contribution >= 4 is 28.5 Å². The highest BCUT2D eigenvalue weighted by atomic mass is 35.5. The number of nitrogens with one attached hydrogen (secondary N) is 2. The van der Waals surface area contributed by atoms with Crippen LogP contribution in [0.3, 0.4) is 0 Å². The summed E-state index contributed by atoms with van der Waals surface area (Å²) in [7, 11) is 0. The fourth-order valence-electron chi connectivity index (χ4n) is 2.50. The van der Waals surface area contributed by atoms with Crippen molar-refractivity contribution in [2.45, 2.75) is 25.8 Å². The second kappa shape index (κ2) is 5.30. The molecule has 1 aliphatic heterocycles. The molecule has 19 heavy (non-hydrogen) atoms. The predicted molar refractivity (Wildman–Crippen MR) is 75.5 cm³/mol. The van der Waals surface area contributed by atoms with E-state index in [1.54, 1.807) is 6.20 Å². The molecule has 102 valence electrons. The molecular formula is C12H17ClN6. The highest BCUT2D eigenvalue weighted by molar-refractivity contribution is 6.28. The van der Waals surface area contributed by atoms with Crippen LogP contribution in [0.2, 0.25) is 5.28 Å². The number of aromatic nitrogens is 4. The number of likely N-dealkylation sites (tertiary alicyclic amines) is 1. The molecular weight excluding hydrogens is 264 g/mol. The number of hydrogen-bond acceptors (Lipinski definition) is 5. The van der Waals surface area contributed by atoms with E-state index in [1.165, 1.54) is 25.9 Å². The molecule has 6 nitrogen and oxygen atoms in total. The molecule has 1 saturated heterocycles. The number of hydrogen-bond donors (Lipinski definition) is 2. The molecule has 0 aliphatic carbocycles. The van der Waals surface area contributed by atoms with Crippen molar-refractivity contribution in [3.05, 3.63) is 11.5 Å². The Kier molecular flexibility index (Phi) is 3.52. The Bertz CT molecular complexity index is 562. The Balaban J connectivity index is 1.72. The second-order valence-electron chi connectivity index (χ2n) is 4.95. The zero-order valence-electron chi connectivity index (χ0n) is 10.9. The molecule has 2 N–H and O–H groups in total. The molecule has 0 saturated carbocycles. The Morgan fingerprint density at radius 1 is 1.42 bits per heavy atom. The van der Waals surface area contributed by atoms with Gasteiger partial charge in [0.05, 0.1) is 11.6 Å². The first-order chi connectivity index (χ1) is 9.24. The number of rotatable bonds is 4. The minimum Gasteiger partial charge on any atom is -0.368 e. The van der Waals surface area contributed by atoms with Gasteiger partial charge in [-0.05, 0) is 44.5 Å². The van der Waals surface area contributed by atoms with Crippen molar-refractivity contribution in [1.29, 1.82) is 0 Å². The highest BCUT2D eigenvalue weighted by Crippen LogP contribution is 2.20. The van der Waals surface area contributed by atoms with Gasteiger partial charge >= 0.3 is 0 Å². The van der Waals surface area contributed by atoms with Crippen LogP contribution in [-0.2, 0) is 0 Å². The number of halogens is 1. The fourth-order valence-corrected chi connectivity index (χ4v) is 2.67. The first-order valence-electron chi connectivity index (χ1n) is 6.58. The summed E-state index contributed by atoms with van der Waals surface area (Å²) in [6.45, 7) is 5.45. The summed E-state index contributed by atoms with van der Waals surface area (Å²) in [5.41, 5.74) is 0.663. The van der Waals surface area contributed by atoms with Crippen LogP contribution in [-0.4, -0.2) is 50.7 Å². The first kappa shape index (κ1) is 12.6. The van der Waals surface area contributed by atoms with Gasteiger partial charge in [0, 0.05) is 12.6 Å². The molecule has 1 aliphatic rings.